The lowest BCUT2D eigenvalue weighted by molar-refractivity contribution is -0.155. The molecule has 0 unspecified atom stereocenters. The molecule has 0 bridgehead atoms. The average Bonchev–Trinajstić information content (AvgIpc) is 2.01. The summed E-state index contributed by atoms with van der Waals surface area (Å²) in [7, 11) is 0. The van der Waals surface area contributed by atoms with Gasteiger partial charge in [-0.1, -0.05) is 6.42 Å². The molecule has 1 N–H and O–H groups in total. The number of carbonyl (C=O) groups is 1. The molecule has 0 radical (unpaired) electrons. The standard InChI is InChI=1S/C10H18O3/c1-2-13-8-4-7-10(9(11)12)5-3-6-10/h2-8H2,1H3,(H,11,12). The van der Waals surface area contributed by atoms with Crippen LogP contribution in [0.1, 0.15) is 39.0 Å². The van der Waals surface area contributed by atoms with Gasteiger partial charge < -0.3 is 9.84 Å². The molecule has 0 atom stereocenters. The number of hydrogen-bond donors (Lipinski definition) is 1. The summed E-state index contributed by atoms with van der Waals surface area (Å²) >= 11 is 0. The molecule has 0 aliphatic heterocycles. The van der Waals surface area contributed by atoms with E-state index in [0.717, 1.165) is 38.7 Å². The van der Waals surface area contributed by atoms with E-state index in [0.29, 0.717) is 6.61 Å². The van der Waals surface area contributed by atoms with Crippen LogP contribution in [0.5, 0.6) is 0 Å². The van der Waals surface area contributed by atoms with Crippen molar-refractivity contribution in [3.8, 4) is 0 Å². The molecule has 76 valence electrons. The van der Waals surface area contributed by atoms with E-state index in [1.165, 1.54) is 0 Å². The van der Waals surface area contributed by atoms with Crippen molar-refractivity contribution >= 4 is 5.97 Å². The Morgan fingerprint density at radius 1 is 1.54 bits per heavy atom. The molecule has 1 rings (SSSR count). The van der Waals surface area contributed by atoms with Gasteiger partial charge in [0, 0.05) is 13.2 Å². The van der Waals surface area contributed by atoms with E-state index in [1.807, 2.05) is 6.92 Å². The highest BCUT2D eigenvalue weighted by molar-refractivity contribution is 5.75. The van der Waals surface area contributed by atoms with Crippen LogP contribution in [-0.4, -0.2) is 24.3 Å². The van der Waals surface area contributed by atoms with Gasteiger partial charge in [0.25, 0.3) is 0 Å². The first kappa shape index (κ1) is 10.5. The van der Waals surface area contributed by atoms with Gasteiger partial charge in [-0.2, -0.15) is 0 Å². The fourth-order valence-electron chi connectivity index (χ4n) is 1.83. The van der Waals surface area contributed by atoms with E-state index in [-0.39, 0.29) is 0 Å². The molecule has 0 heterocycles. The molecular weight excluding hydrogens is 168 g/mol. The maximum atomic E-state index is 10.9. The number of rotatable bonds is 6. The third kappa shape index (κ3) is 2.44. The lowest BCUT2D eigenvalue weighted by atomic mass is 9.66. The van der Waals surface area contributed by atoms with Crippen molar-refractivity contribution in [3.05, 3.63) is 0 Å². The molecule has 1 aliphatic rings. The smallest absolute Gasteiger partial charge is 0.309 e. The van der Waals surface area contributed by atoms with E-state index >= 15 is 0 Å². The predicted octanol–water partition coefficient (Wildman–Crippen LogP) is 2.06. The molecule has 1 fully saturated rings. The van der Waals surface area contributed by atoms with Crippen LogP contribution in [0.2, 0.25) is 0 Å². The minimum atomic E-state index is -0.616. The van der Waals surface area contributed by atoms with Gasteiger partial charge >= 0.3 is 5.97 Å². The fraction of sp³-hybridized carbons (Fsp3) is 0.900. The van der Waals surface area contributed by atoms with Crippen LogP contribution in [0.3, 0.4) is 0 Å². The topological polar surface area (TPSA) is 46.5 Å². The van der Waals surface area contributed by atoms with Gasteiger partial charge in [0.05, 0.1) is 5.41 Å². The van der Waals surface area contributed by atoms with Crippen molar-refractivity contribution in [2.45, 2.75) is 39.0 Å². The molecule has 3 heteroatoms. The average molecular weight is 186 g/mol. The zero-order valence-electron chi connectivity index (χ0n) is 8.21. The van der Waals surface area contributed by atoms with Crippen molar-refractivity contribution in [3.63, 3.8) is 0 Å². The zero-order chi connectivity index (χ0) is 9.73. The number of carboxylic acid groups (broad SMARTS) is 1. The Hall–Kier alpha value is -0.570. The van der Waals surface area contributed by atoms with E-state index in [9.17, 15) is 4.79 Å². The Kier molecular flexibility index (Phi) is 3.72. The highest BCUT2D eigenvalue weighted by atomic mass is 16.5. The fourth-order valence-corrected chi connectivity index (χ4v) is 1.83. The van der Waals surface area contributed by atoms with Crippen molar-refractivity contribution in [1.29, 1.82) is 0 Å². The Morgan fingerprint density at radius 3 is 2.62 bits per heavy atom. The molecule has 1 aliphatic carbocycles. The summed E-state index contributed by atoms with van der Waals surface area (Å²) in [6.45, 7) is 3.38. The monoisotopic (exact) mass is 186 g/mol. The minimum absolute atomic E-state index is 0.392. The number of carboxylic acids is 1. The maximum absolute atomic E-state index is 10.9. The molecule has 0 amide bonds. The van der Waals surface area contributed by atoms with Gasteiger partial charge in [0.1, 0.15) is 0 Å². The van der Waals surface area contributed by atoms with Gasteiger partial charge in [-0.05, 0) is 32.6 Å². The van der Waals surface area contributed by atoms with E-state index in [4.69, 9.17) is 9.84 Å². The highest BCUT2D eigenvalue weighted by Crippen LogP contribution is 2.44. The molecule has 0 spiro atoms. The summed E-state index contributed by atoms with van der Waals surface area (Å²) in [5, 5.41) is 9.00. The first-order valence-electron chi connectivity index (χ1n) is 5.02. The SMILES string of the molecule is CCOCCCC1(C(=O)O)CCC1. The van der Waals surface area contributed by atoms with Crippen LogP contribution in [0.15, 0.2) is 0 Å². The molecule has 0 aromatic heterocycles. The predicted molar refractivity (Wildman–Crippen MR) is 49.6 cm³/mol. The second-order valence-corrected chi connectivity index (χ2v) is 3.74. The number of hydrogen-bond acceptors (Lipinski definition) is 2. The molecule has 1 saturated carbocycles. The Labute approximate surface area is 79.1 Å². The third-order valence-corrected chi connectivity index (χ3v) is 2.91. The van der Waals surface area contributed by atoms with E-state index in [1.54, 1.807) is 0 Å². The first-order valence-corrected chi connectivity index (χ1v) is 5.02. The summed E-state index contributed by atoms with van der Waals surface area (Å²) in [6.07, 6.45) is 4.44. The van der Waals surface area contributed by atoms with Gasteiger partial charge in [0.2, 0.25) is 0 Å². The second kappa shape index (κ2) is 4.61. The van der Waals surface area contributed by atoms with Crippen LogP contribution < -0.4 is 0 Å². The Balaban J connectivity index is 2.21. The summed E-state index contributed by atoms with van der Waals surface area (Å²) in [5.41, 5.74) is -0.392. The van der Waals surface area contributed by atoms with Crippen LogP contribution >= 0.6 is 0 Å². The van der Waals surface area contributed by atoms with E-state index < -0.39 is 11.4 Å². The Bertz CT molecular complexity index is 173. The van der Waals surface area contributed by atoms with Crippen LogP contribution in [0, 0.1) is 5.41 Å². The summed E-state index contributed by atoms with van der Waals surface area (Å²) in [5.74, 6) is -0.616. The lowest BCUT2D eigenvalue weighted by Crippen LogP contribution is -2.38. The molecular formula is C10H18O3. The van der Waals surface area contributed by atoms with Gasteiger partial charge in [-0.25, -0.2) is 0 Å². The van der Waals surface area contributed by atoms with Gasteiger partial charge in [-0.3, -0.25) is 4.79 Å². The lowest BCUT2D eigenvalue weighted by Gasteiger charge is -2.37. The van der Waals surface area contributed by atoms with Gasteiger partial charge in [-0.15, -0.1) is 0 Å². The van der Waals surface area contributed by atoms with Crippen molar-refractivity contribution in [2.75, 3.05) is 13.2 Å². The molecule has 3 nitrogen and oxygen atoms in total. The quantitative estimate of drug-likeness (QED) is 0.646. The van der Waals surface area contributed by atoms with E-state index in [2.05, 4.69) is 0 Å². The van der Waals surface area contributed by atoms with Crippen molar-refractivity contribution < 1.29 is 14.6 Å². The van der Waals surface area contributed by atoms with Gasteiger partial charge in [0.15, 0.2) is 0 Å². The zero-order valence-corrected chi connectivity index (χ0v) is 8.21. The Morgan fingerprint density at radius 2 is 2.23 bits per heavy atom. The number of ether oxygens (including phenoxy) is 1. The normalized spacial score (nSPS) is 19.5. The summed E-state index contributed by atoms with van der Waals surface area (Å²) < 4.78 is 5.18. The third-order valence-electron chi connectivity index (χ3n) is 2.91. The molecule has 0 saturated heterocycles. The molecule has 0 aromatic carbocycles. The molecule has 13 heavy (non-hydrogen) atoms. The summed E-state index contributed by atoms with van der Waals surface area (Å²) in [6, 6.07) is 0. The van der Waals surface area contributed by atoms with Crippen LogP contribution in [0.4, 0.5) is 0 Å². The minimum Gasteiger partial charge on any atom is -0.481 e. The maximum Gasteiger partial charge on any atom is 0.309 e. The highest BCUT2D eigenvalue weighted by Gasteiger charge is 2.43. The first-order chi connectivity index (χ1) is 6.21. The van der Waals surface area contributed by atoms with Crippen LogP contribution in [-0.2, 0) is 9.53 Å². The second-order valence-electron chi connectivity index (χ2n) is 3.74. The van der Waals surface area contributed by atoms with Crippen molar-refractivity contribution in [1.82, 2.24) is 0 Å². The van der Waals surface area contributed by atoms with Crippen LogP contribution in [0.25, 0.3) is 0 Å². The molecule has 0 aromatic rings. The number of aliphatic carboxylic acids is 1. The largest absolute Gasteiger partial charge is 0.481 e. The van der Waals surface area contributed by atoms with Crippen molar-refractivity contribution in [2.24, 2.45) is 5.41 Å². The summed E-state index contributed by atoms with van der Waals surface area (Å²) in [4.78, 5) is 10.9.